The molecule has 2 N–H and O–H groups in total. The van der Waals surface area contributed by atoms with Crippen molar-refractivity contribution in [1.29, 1.82) is 0 Å². The third-order valence-electron chi connectivity index (χ3n) is 6.50. The van der Waals surface area contributed by atoms with Crippen molar-refractivity contribution in [3.05, 3.63) is 48.9 Å². The first-order chi connectivity index (χ1) is 16.2. The molecule has 10 nitrogen and oxygen atoms in total. The minimum Gasteiger partial charge on any atom is -0.477 e. The van der Waals surface area contributed by atoms with Crippen LogP contribution in [0.15, 0.2) is 53.3 Å². The van der Waals surface area contributed by atoms with Crippen molar-refractivity contribution < 1.29 is 9.15 Å². The van der Waals surface area contributed by atoms with Crippen LogP contribution in [-0.4, -0.2) is 68.3 Å². The molecule has 0 radical (unpaired) electrons. The number of ether oxygens (including phenoxy) is 1. The summed E-state index contributed by atoms with van der Waals surface area (Å²) in [6, 6.07) is 11.8. The molecule has 33 heavy (non-hydrogen) atoms. The van der Waals surface area contributed by atoms with Crippen molar-refractivity contribution >= 4 is 17.4 Å². The quantitative estimate of drug-likeness (QED) is 0.494. The Labute approximate surface area is 191 Å². The van der Waals surface area contributed by atoms with Crippen molar-refractivity contribution in [2.45, 2.75) is 18.9 Å². The van der Waals surface area contributed by atoms with Crippen molar-refractivity contribution in [3.63, 3.8) is 0 Å². The van der Waals surface area contributed by atoms with Gasteiger partial charge in [-0.2, -0.15) is 14.5 Å². The Kier molecular flexibility index (Phi) is 5.06. The molecule has 170 valence electrons. The molecule has 0 spiro atoms. The minimum absolute atomic E-state index is 0.479. The molecule has 0 saturated carbocycles. The number of rotatable bonds is 5. The van der Waals surface area contributed by atoms with Crippen LogP contribution in [0.2, 0.25) is 0 Å². The van der Waals surface area contributed by atoms with Crippen LogP contribution < -0.4 is 15.4 Å². The van der Waals surface area contributed by atoms with E-state index in [1.807, 2.05) is 36.4 Å². The number of furan rings is 1. The lowest BCUT2D eigenvalue weighted by Crippen LogP contribution is -2.57. The van der Waals surface area contributed by atoms with E-state index in [0.29, 0.717) is 47.6 Å². The van der Waals surface area contributed by atoms with Crippen molar-refractivity contribution in [2.75, 3.05) is 43.4 Å². The molecule has 10 heteroatoms. The van der Waals surface area contributed by atoms with Crippen LogP contribution in [0.4, 0.5) is 11.6 Å². The Morgan fingerprint density at radius 2 is 2.06 bits per heavy atom. The van der Waals surface area contributed by atoms with Crippen LogP contribution in [0, 0.1) is 5.92 Å². The molecule has 0 aliphatic carbocycles. The Morgan fingerprint density at radius 1 is 1.09 bits per heavy atom. The molecule has 4 aromatic heterocycles. The van der Waals surface area contributed by atoms with Crippen LogP contribution in [0.1, 0.15) is 12.8 Å². The molecular weight excluding hydrogens is 420 g/mol. The van der Waals surface area contributed by atoms with Gasteiger partial charge >= 0.3 is 0 Å². The fourth-order valence-electron chi connectivity index (χ4n) is 4.79. The summed E-state index contributed by atoms with van der Waals surface area (Å²) in [5.41, 5.74) is 6.30. The normalized spacial score (nSPS) is 21.3. The molecule has 2 unspecified atom stereocenters. The summed E-state index contributed by atoms with van der Waals surface area (Å²) in [5.74, 6) is 4.14. The summed E-state index contributed by atoms with van der Waals surface area (Å²) in [6.07, 6.45) is 5.65. The third kappa shape index (κ3) is 3.97. The van der Waals surface area contributed by atoms with Gasteiger partial charge in [0.05, 0.1) is 12.9 Å². The van der Waals surface area contributed by atoms with Gasteiger partial charge < -0.3 is 19.8 Å². The number of piperidine rings is 1. The van der Waals surface area contributed by atoms with Gasteiger partial charge in [-0.15, -0.1) is 5.10 Å². The fraction of sp³-hybridized carbons (Fsp3) is 0.391. The zero-order chi connectivity index (χ0) is 22.2. The van der Waals surface area contributed by atoms with E-state index in [-0.39, 0.29) is 0 Å². The number of anilines is 2. The maximum Gasteiger partial charge on any atom is 0.256 e. The van der Waals surface area contributed by atoms with E-state index in [2.05, 4.69) is 24.9 Å². The molecule has 6 heterocycles. The second-order valence-corrected chi connectivity index (χ2v) is 8.68. The molecule has 2 atom stereocenters. The van der Waals surface area contributed by atoms with Crippen molar-refractivity contribution in [3.8, 4) is 17.5 Å². The van der Waals surface area contributed by atoms with Crippen LogP contribution >= 0.6 is 0 Å². The van der Waals surface area contributed by atoms with E-state index in [1.54, 1.807) is 17.0 Å². The van der Waals surface area contributed by atoms with Crippen LogP contribution in [0.5, 0.6) is 5.88 Å². The van der Waals surface area contributed by atoms with E-state index in [4.69, 9.17) is 19.9 Å². The molecule has 4 aromatic rings. The number of nitrogens with zero attached hydrogens (tertiary/aromatic N) is 7. The van der Waals surface area contributed by atoms with Crippen LogP contribution in [0.25, 0.3) is 17.4 Å². The topological polar surface area (TPSA) is 111 Å². The highest BCUT2D eigenvalue weighted by Gasteiger charge is 2.34. The minimum atomic E-state index is 0.479. The van der Waals surface area contributed by atoms with Gasteiger partial charge in [-0.3, -0.25) is 4.90 Å². The third-order valence-corrected chi connectivity index (χ3v) is 6.50. The number of nitrogen functional groups attached to an aromatic ring is 1. The summed E-state index contributed by atoms with van der Waals surface area (Å²) in [7, 11) is 0. The summed E-state index contributed by atoms with van der Waals surface area (Å²) in [5, 5.41) is 4.44. The monoisotopic (exact) mass is 446 g/mol. The Balaban J connectivity index is 1.12. The summed E-state index contributed by atoms with van der Waals surface area (Å²) in [6.45, 7) is 4.57. The molecule has 0 amide bonds. The summed E-state index contributed by atoms with van der Waals surface area (Å²) in [4.78, 5) is 18.4. The van der Waals surface area contributed by atoms with Crippen molar-refractivity contribution in [1.82, 2.24) is 29.5 Å². The lowest BCUT2D eigenvalue weighted by molar-refractivity contribution is 0.0718. The molecule has 6 rings (SSSR count). The molecular formula is C23H26N8O2. The van der Waals surface area contributed by atoms with Gasteiger partial charge in [0.2, 0.25) is 11.7 Å². The molecule has 0 bridgehead atoms. The van der Waals surface area contributed by atoms with E-state index < -0.39 is 0 Å². The zero-order valence-electron chi connectivity index (χ0n) is 18.2. The van der Waals surface area contributed by atoms with E-state index in [0.717, 1.165) is 44.8 Å². The highest BCUT2D eigenvalue weighted by molar-refractivity contribution is 5.57. The van der Waals surface area contributed by atoms with Gasteiger partial charge in [0, 0.05) is 56.5 Å². The molecule has 2 aliphatic heterocycles. The second-order valence-electron chi connectivity index (χ2n) is 8.68. The lowest BCUT2D eigenvalue weighted by atomic mass is 9.91. The van der Waals surface area contributed by atoms with Crippen LogP contribution in [-0.2, 0) is 0 Å². The number of aromatic nitrogens is 5. The maximum absolute atomic E-state index is 6.30. The zero-order valence-corrected chi connectivity index (χ0v) is 18.2. The highest BCUT2D eigenvalue weighted by atomic mass is 16.5. The Bertz CT molecular complexity index is 1230. The first-order valence-electron chi connectivity index (χ1n) is 11.3. The number of piperazine rings is 1. The second kappa shape index (κ2) is 8.36. The van der Waals surface area contributed by atoms with Crippen molar-refractivity contribution in [2.24, 2.45) is 5.92 Å². The number of nitrogens with two attached hydrogens (primary N) is 1. The lowest BCUT2D eigenvalue weighted by Gasteiger charge is -2.46. The van der Waals surface area contributed by atoms with E-state index in [1.165, 1.54) is 0 Å². The number of fused-ring (bicyclic) bond motifs is 2. The average Bonchev–Trinajstić information content (AvgIpc) is 3.53. The van der Waals surface area contributed by atoms with Gasteiger partial charge in [0.25, 0.3) is 5.78 Å². The summed E-state index contributed by atoms with van der Waals surface area (Å²) >= 11 is 0. The van der Waals surface area contributed by atoms with Gasteiger partial charge in [-0.1, -0.05) is 6.07 Å². The average molecular weight is 447 g/mol. The predicted molar refractivity (Wildman–Crippen MR) is 123 cm³/mol. The SMILES string of the molecule is Nc1cc(N2CCN3CC(COc4ccccn4)CCC3C2)nc2nc(-c3ccco3)nn12. The first-order valence-corrected chi connectivity index (χ1v) is 11.3. The smallest absolute Gasteiger partial charge is 0.256 e. The Morgan fingerprint density at radius 3 is 2.91 bits per heavy atom. The van der Waals surface area contributed by atoms with E-state index in [9.17, 15) is 0 Å². The number of hydrogen-bond acceptors (Lipinski definition) is 9. The van der Waals surface area contributed by atoms with Crippen LogP contribution in [0.3, 0.4) is 0 Å². The predicted octanol–water partition coefficient (Wildman–Crippen LogP) is 2.34. The number of pyridine rings is 1. The number of hydrogen-bond donors (Lipinski definition) is 1. The molecule has 0 aromatic carbocycles. The van der Waals surface area contributed by atoms with Gasteiger partial charge in [-0.05, 0) is 31.0 Å². The Hall–Kier alpha value is -3.66. The molecule has 2 fully saturated rings. The fourth-order valence-corrected chi connectivity index (χ4v) is 4.79. The molecule has 2 saturated heterocycles. The maximum atomic E-state index is 6.30. The highest BCUT2D eigenvalue weighted by Crippen LogP contribution is 2.28. The largest absolute Gasteiger partial charge is 0.477 e. The van der Waals surface area contributed by atoms with Gasteiger partial charge in [0.15, 0.2) is 5.76 Å². The standard InChI is InChI=1S/C23H26N8O2/c24-19-12-20(26-23-27-22(28-31(19)23)18-4-3-11-32-18)30-10-9-29-13-16(6-7-17(29)14-30)15-33-21-5-1-2-8-25-21/h1-5,8,11-12,16-17H,6-7,9-10,13-15,24H2. The van der Waals surface area contributed by atoms with Gasteiger partial charge in [-0.25, -0.2) is 4.98 Å². The first kappa shape index (κ1) is 20.0. The molecule has 2 aliphatic rings. The van der Waals surface area contributed by atoms with E-state index >= 15 is 0 Å². The van der Waals surface area contributed by atoms with Gasteiger partial charge in [0.1, 0.15) is 11.6 Å². The summed E-state index contributed by atoms with van der Waals surface area (Å²) < 4.78 is 12.9.